The molecule has 0 bridgehead atoms. The van der Waals surface area contributed by atoms with Crippen molar-refractivity contribution in [2.45, 2.75) is 71.8 Å². The molecular formula is C16H33NO. The molecule has 0 radical (unpaired) electrons. The molecule has 0 spiro atoms. The van der Waals surface area contributed by atoms with Crippen LogP contribution in [-0.2, 0) is 4.74 Å². The van der Waals surface area contributed by atoms with Gasteiger partial charge in [0.15, 0.2) is 0 Å². The van der Waals surface area contributed by atoms with Crippen LogP contribution >= 0.6 is 0 Å². The second-order valence-corrected chi connectivity index (χ2v) is 6.46. The van der Waals surface area contributed by atoms with E-state index in [9.17, 15) is 0 Å². The van der Waals surface area contributed by atoms with Crippen LogP contribution in [0.3, 0.4) is 0 Å². The predicted octanol–water partition coefficient (Wildman–Crippen LogP) is 3.98. The molecule has 1 rings (SSSR count). The Morgan fingerprint density at radius 1 is 1.17 bits per heavy atom. The summed E-state index contributed by atoms with van der Waals surface area (Å²) in [7, 11) is 0. The molecular weight excluding hydrogens is 222 g/mol. The number of nitrogens with two attached hydrogens (primary N) is 1. The summed E-state index contributed by atoms with van der Waals surface area (Å²) >= 11 is 0. The Kier molecular flexibility index (Phi) is 6.65. The Morgan fingerprint density at radius 2 is 1.72 bits per heavy atom. The van der Waals surface area contributed by atoms with Gasteiger partial charge in [0, 0.05) is 6.54 Å². The van der Waals surface area contributed by atoms with Crippen LogP contribution in [0.15, 0.2) is 0 Å². The van der Waals surface area contributed by atoms with Crippen molar-refractivity contribution in [3.05, 3.63) is 0 Å². The lowest BCUT2D eigenvalue weighted by atomic mass is 9.74. The van der Waals surface area contributed by atoms with Crippen molar-refractivity contribution in [1.82, 2.24) is 0 Å². The lowest BCUT2D eigenvalue weighted by Gasteiger charge is -2.41. The third kappa shape index (κ3) is 4.24. The first kappa shape index (κ1) is 16.0. The molecule has 0 unspecified atom stereocenters. The van der Waals surface area contributed by atoms with E-state index in [2.05, 4.69) is 27.7 Å². The first-order chi connectivity index (χ1) is 8.56. The molecule has 18 heavy (non-hydrogen) atoms. The van der Waals surface area contributed by atoms with Crippen LogP contribution in [0.1, 0.15) is 66.2 Å². The lowest BCUT2D eigenvalue weighted by Crippen LogP contribution is -2.45. The molecule has 1 saturated carbocycles. The maximum absolute atomic E-state index is 6.27. The highest BCUT2D eigenvalue weighted by molar-refractivity contribution is 4.89. The van der Waals surface area contributed by atoms with Gasteiger partial charge in [-0.2, -0.15) is 0 Å². The average Bonchev–Trinajstić information content (AvgIpc) is 2.40. The van der Waals surface area contributed by atoms with Crippen molar-refractivity contribution < 1.29 is 4.74 Å². The van der Waals surface area contributed by atoms with E-state index in [-0.39, 0.29) is 5.60 Å². The van der Waals surface area contributed by atoms with Gasteiger partial charge in [0.2, 0.25) is 0 Å². The highest BCUT2D eigenvalue weighted by Crippen LogP contribution is 2.37. The molecule has 0 atom stereocenters. The number of rotatable bonds is 7. The minimum absolute atomic E-state index is 0.00597. The van der Waals surface area contributed by atoms with E-state index in [1.54, 1.807) is 0 Å². The number of ether oxygens (including phenoxy) is 1. The fraction of sp³-hybridized carbons (Fsp3) is 1.00. The van der Waals surface area contributed by atoms with Crippen LogP contribution in [0.4, 0.5) is 0 Å². The monoisotopic (exact) mass is 255 g/mol. The fourth-order valence-electron chi connectivity index (χ4n) is 3.06. The van der Waals surface area contributed by atoms with E-state index < -0.39 is 0 Å². The summed E-state index contributed by atoms with van der Waals surface area (Å²) in [5.41, 5.74) is 6.00. The maximum atomic E-state index is 6.27. The summed E-state index contributed by atoms with van der Waals surface area (Å²) in [5, 5.41) is 0. The third-order valence-corrected chi connectivity index (χ3v) is 5.04. The van der Waals surface area contributed by atoms with Gasteiger partial charge in [0.05, 0.1) is 12.2 Å². The number of hydrogen-bond donors (Lipinski definition) is 1. The summed E-state index contributed by atoms with van der Waals surface area (Å²) < 4.78 is 6.27. The zero-order valence-corrected chi connectivity index (χ0v) is 12.9. The van der Waals surface area contributed by atoms with Gasteiger partial charge >= 0.3 is 0 Å². The molecule has 1 fully saturated rings. The van der Waals surface area contributed by atoms with Gasteiger partial charge in [-0.3, -0.25) is 0 Å². The summed E-state index contributed by atoms with van der Waals surface area (Å²) in [6, 6.07) is 0. The molecule has 0 aliphatic heterocycles. The van der Waals surface area contributed by atoms with Gasteiger partial charge in [-0.15, -0.1) is 0 Å². The first-order valence-corrected chi connectivity index (χ1v) is 7.91. The molecule has 0 aromatic carbocycles. The van der Waals surface area contributed by atoms with Crippen molar-refractivity contribution in [2.75, 3.05) is 13.2 Å². The Morgan fingerprint density at radius 3 is 2.11 bits per heavy atom. The van der Waals surface area contributed by atoms with Crippen LogP contribution in [0.5, 0.6) is 0 Å². The van der Waals surface area contributed by atoms with E-state index in [1.165, 1.54) is 25.7 Å². The summed E-state index contributed by atoms with van der Waals surface area (Å²) in [6.45, 7) is 10.8. The highest BCUT2D eigenvalue weighted by Gasteiger charge is 2.36. The Labute approximate surface area is 114 Å². The largest absolute Gasteiger partial charge is 0.373 e. The van der Waals surface area contributed by atoms with Crippen molar-refractivity contribution in [3.8, 4) is 0 Å². The molecule has 2 N–H and O–H groups in total. The smallest absolute Gasteiger partial charge is 0.0804 e. The number of hydrogen-bond acceptors (Lipinski definition) is 2. The van der Waals surface area contributed by atoms with E-state index in [0.29, 0.717) is 12.5 Å². The minimum atomic E-state index is -0.00597. The van der Waals surface area contributed by atoms with Crippen molar-refractivity contribution in [1.29, 1.82) is 0 Å². The Hall–Kier alpha value is -0.0800. The summed E-state index contributed by atoms with van der Waals surface area (Å²) in [6.07, 6.45) is 7.33. The minimum Gasteiger partial charge on any atom is -0.373 e. The normalized spacial score (nSPS) is 29.2. The molecule has 0 saturated heterocycles. The molecule has 108 valence electrons. The summed E-state index contributed by atoms with van der Waals surface area (Å²) in [4.78, 5) is 0. The molecule has 2 nitrogen and oxygen atoms in total. The molecule has 0 heterocycles. The lowest BCUT2D eigenvalue weighted by molar-refractivity contribution is -0.0874. The zero-order chi connectivity index (χ0) is 13.6. The van der Waals surface area contributed by atoms with E-state index in [1.807, 2.05) is 0 Å². The molecule has 0 aromatic rings. The van der Waals surface area contributed by atoms with Gasteiger partial charge in [0.1, 0.15) is 0 Å². The van der Waals surface area contributed by atoms with Crippen LogP contribution in [-0.4, -0.2) is 18.8 Å². The maximum Gasteiger partial charge on any atom is 0.0804 e. The third-order valence-electron chi connectivity index (χ3n) is 5.04. The second-order valence-electron chi connectivity index (χ2n) is 6.46. The summed E-state index contributed by atoms with van der Waals surface area (Å²) in [5.74, 6) is 2.39. The van der Waals surface area contributed by atoms with Gasteiger partial charge in [-0.25, -0.2) is 0 Å². The van der Waals surface area contributed by atoms with Crippen LogP contribution < -0.4 is 5.73 Å². The quantitative estimate of drug-likeness (QED) is 0.746. The standard InChI is InChI=1S/C16H33NO/c1-5-14(6-2)11-18-16(12-17)9-7-15(8-10-16)13(3)4/h13-15H,5-12,17H2,1-4H3. The molecule has 1 aliphatic rings. The second kappa shape index (κ2) is 7.49. The predicted molar refractivity (Wildman–Crippen MR) is 78.6 cm³/mol. The van der Waals surface area contributed by atoms with Crippen LogP contribution in [0, 0.1) is 17.8 Å². The highest BCUT2D eigenvalue weighted by atomic mass is 16.5. The van der Waals surface area contributed by atoms with E-state index in [4.69, 9.17) is 10.5 Å². The van der Waals surface area contributed by atoms with E-state index >= 15 is 0 Å². The van der Waals surface area contributed by atoms with Crippen molar-refractivity contribution in [2.24, 2.45) is 23.5 Å². The first-order valence-electron chi connectivity index (χ1n) is 7.91. The SMILES string of the molecule is CCC(CC)COC1(CN)CCC(C(C)C)CC1. The fourth-order valence-corrected chi connectivity index (χ4v) is 3.06. The van der Waals surface area contributed by atoms with Crippen molar-refractivity contribution in [3.63, 3.8) is 0 Å². The van der Waals surface area contributed by atoms with Crippen molar-refractivity contribution >= 4 is 0 Å². The Balaban J connectivity index is 2.45. The average molecular weight is 255 g/mol. The van der Waals surface area contributed by atoms with Gasteiger partial charge < -0.3 is 10.5 Å². The molecule has 0 amide bonds. The molecule has 1 aliphatic carbocycles. The van der Waals surface area contributed by atoms with Gasteiger partial charge in [-0.1, -0.05) is 40.5 Å². The molecule has 0 aromatic heterocycles. The van der Waals surface area contributed by atoms with Gasteiger partial charge in [0.25, 0.3) is 0 Å². The topological polar surface area (TPSA) is 35.2 Å². The Bertz CT molecular complexity index is 215. The zero-order valence-electron chi connectivity index (χ0n) is 12.9. The van der Waals surface area contributed by atoms with Crippen LogP contribution in [0.2, 0.25) is 0 Å². The molecule has 2 heteroatoms. The van der Waals surface area contributed by atoms with E-state index in [0.717, 1.165) is 31.3 Å². The van der Waals surface area contributed by atoms with Crippen LogP contribution in [0.25, 0.3) is 0 Å². The van der Waals surface area contributed by atoms with Gasteiger partial charge in [-0.05, 0) is 43.4 Å².